The number of hydrogen-bond donors (Lipinski definition) is 1. The molecule has 2 heterocycles. The van der Waals surface area contributed by atoms with E-state index in [1.165, 1.54) is 6.07 Å². The van der Waals surface area contributed by atoms with E-state index in [2.05, 4.69) is 36.4 Å². The first kappa shape index (κ1) is 14.6. The van der Waals surface area contributed by atoms with Gasteiger partial charge in [0, 0.05) is 41.6 Å². The molecule has 112 valence electrons. The molecule has 0 unspecified atom stereocenters. The highest BCUT2D eigenvalue weighted by Gasteiger charge is 2.07. The molecule has 0 fully saturated rings. The molecule has 0 radical (unpaired) electrons. The van der Waals surface area contributed by atoms with E-state index < -0.39 is 0 Å². The summed E-state index contributed by atoms with van der Waals surface area (Å²) >= 11 is 3.34. The SMILES string of the molecule is Cn1cnnc1-c1cncc(NCc2cc(Br)ccc2F)c1. The van der Waals surface area contributed by atoms with Crippen molar-refractivity contribution in [2.24, 2.45) is 7.05 Å². The Hall–Kier alpha value is -2.28. The minimum absolute atomic E-state index is 0.242. The predicted octanol–water partition coefficient (Wildman–Crippen LogP) is 3.39. The molecule has 1 aromatic carbocycles. The number of anilines is 1. The maximum absolute atomic E-state index is 13.7. The van der Waals surface area contributed by atoms with Crippen molar-refractivity contribution in [2.45, 2.75) is 6.54 Å². The molecule has 0 aliphatic heterocycles. The van der Waals surface area contributed by atoms with Gasteiger partial charge in [-0.1, -0.05) is 15.9 Å². The first-order valence-electron chi connectivity index (χ1n) is 6.61. The van der Waals surface area contributed by atoms with E-state index in [1.54, 1.807) is 30.9 Å². The van der Waals surface area contributed by atoms with Crippen LogP contribution in [0.4, 0.5) is 10.1 Å². The van der Waals surface area contributed by atoms with Gasteiger partial charge in [-0.2, -0.15) is 0 Å². The predicted molar refractivity (Wildman–Crippen MR) is 85.7 cm³/mol. The molecule has 0 atom stereocenters. The lowest BCUT2D eigenvalue weighted by molar-refractivity contribution is 0.612. The van der Waals surface area contributed by atoms with E-state index in [4.69, 9.17) is 0 Å². The van der Waals surface area contributed by atoms with Gasteiger partial charge in [0.05, 0.1) is 5.69 Å². The number of halogens is 2. The fourth-order valence-electron chi connectivity index (χ4n) is 2.08. The highest BCUT2D eigenvalue weighted by molar-refractivity contribution is 9.10. The van der Waals surface area contributed by atoms with E-state index in [1.807, 2.05) is 17.7 Å². The van der Waals surface area contributed by atoms with Gasteiger partial charge in [0.1, 0.15) is 12.1 Å². The van der Waals surface area contributed by atoms with Crippen LogP contribution in [0.5, 0.6) is 0 Å². The van der Waals surface area contributed by atoms with Crippen molar-refractivity contribution >= 4 is 21.6 Å². The Morgan fingerprint density at radius 2 is 2.14 bits per heavy atom. The minimum Gasteiger partial charge on any atom is -0.380 e. The van der Waals surface area contributed by atoms with Gasteiger partial charge >= 0.3 is 0 Å². The van der Waals surface area contributed by atoms with Crippen LogP contribution in [-0.4, -0.2) is 19.7 Å². The fourth-order valence-corrected chi connectivity index (χ4v) is 2.49. The van der Waals surface area contributed by atoms with Crippen LogP contribution < -0.4 is 5.32 Å². The summed E-state index contributed by atoms with van der Waals surface area (Å²) in [5.41, 5.74) is 2.22. The molecule has 0 aliphatic carbocycles. The number of hydrogen-bond acceptors (Lipinski definition) is 4. The zero-order valence-electron chi connectivity index (χ0n) is 11.8. The van der Waals surface area contributed by atoms with Gasteiger partial charge in [-0.3, -0.25) is 4.98 Å². The standard InChI is InChI=1S/C15H13BrFN5/c1-22-9-20-21-15(22)11-5-13(8-18-6-11)19-7-10-4-12(16)2-3-14(10)17/h2-6,8-9,19H,7H2,1H3. The Morgan fingerprint density at radius 3 is 2.91 bits per heavy atom. The van der Waals surface area contributed by atoms with Crippen LogP contribution in [0.25, 0.3) is 11.4 Å². The van der Waals surface area contributed by atoms with Gasteiger partial charge in [-0.15, -0.1) is 10.2 Å². The Morgan fingerprint density at radius 1 is 1.27 bits per heavy atom. The summed E-state index contributed by atoms with van der Waals surface area (Å²) in [6, 6.07) is 6.78. The van der Waals surface area contributed by atoms with Crippen molar-refractivity contribution in [3.05, 3.63) is 58.8 Å². The van der Waals surface area contributed by atoms with E-state index in [-0.39, 0.29) is 5.82 Å². The third-order valence-corrected chi connectivity index (χ3v) is 3.69. The molecule has 7 heteroatoms. The van der Waals surface area contributed by atoms with Crippen LogP contribution in [-0.2, 0) is 13.6 Å². The van der Waals surface area contributed by atoms with E-state index in [0.29, 0.717) is 12.1 Å². The first-order chi connectivity index (χ1) is 10.6. The quantitative estimate of drug-likeness (QED) is 0.773. The average Bonchev–Trinajstić information content (AvgIpc) is 2.95. The molecule has 0 bridgehead atoms. The lowest BCUT2D eigenvalue weighted by Gasteiger charge is -2.09. The van der Waals surface area contributed by atoms with Crippen molar-refractivity contribution in [3.8, 4) is 11.4 Å². The molecule has 0 saturated heterocycles. The lowest BCUT2D eigenvalue weighted by Crippen LogP contribution is -2.03. The Kier molecular flexibility index (Phi) is 4.15. The van der Waals surface area contributed by atoms with Crippen LogP contribution >= 0.6 is 15.9 Å². The molecule has 5 nitrogen and oxygen atoms in total. The molecule has 2 aromatic heterocycles. The van der Waals surface area contributed by atoms with Gasteiger partial charge in [0.25, 0.3) is 0 Å². The van der Waals surface area contributed by atoms with Crippen molar-refractivity contribution in [1.82, 2.24) is 19.7 Å². The van der Waals surface area contributed by atoms with E-state index in [0.717, 1.165) is 21.5 Å². The molecule has 0 spiro atoms. The summed E-state index contributed by atoms with van der Waals surface area (Å²) in [5.74, 6) is 0.484. The number of nitrogens with one attached hydrogen (secondary N) is 1. The highest BCUT2D eigenvalue weighted by atomic mass is 79.9. The largest absolute Gasteiger partial charge is 0.380 e. The summed E-state index contributed by atoms with van der Waals surface area (Å²) in [7, 11) is 1.87. The second-order valence-corrected chi connectivity index (χ2v) is 5.73. The van der Waals surface area contributed by atoms with Crippen molar-refractivity contribution < 1.29 is 4.39 Å². The topological polar surface area (TPSA) is 55.6 Å². The van der Waals surface area contributed by atoms with Crippen LogP contribution in [0.15, 0.2) is 47.5 Å². The van der Waals surface area contributed by atoms with Gasteiger partial charge in [0.2, 0.25) is 0 Å². The van der Waals surface area contributed by atoms with Gasteiger partial charge in [-0.25, -0.2) is 4.39 Å². The molecule has 0 amide bonds. The first-order valence-corrected chi connectivity index (χ1v) is 7.40. The van der Waals surface area contributed by atoms with Crippen molar-refractivity contribution in [2.75, 3.05) is 5.32 Å². The summed E-state index contributed by atoms with van der Waals surface area (Å²) in [5, 5.41) is 11.1. The second kappa shape index (κ2) is 6.23. The maximum Gasteiger partial charge on any atom is 0.165 e. The maximum atomic E-state index is 13.7. The summed E-state index contributed by atoms with van der Waals surface area (Å²) in [6.07, 6.45) is 5.04. The van der Waals surface area contributed by atoms with Crippen LogP contribution in [0.3, 0.4) is 0 Å². The normalized spacial score (nSPS) is 10.7. The molecular formula is C15H13BrFN5. The lowest BCUT2D eigenvalue weighted by atomic mass is 10.2. The zero-order chi connectivity index (χ0) is 15.5. The number of aryl methyl sites for hydroxylation is 1. The molecule has 1 N–H and O–H groups in total. The van der Waals surface area contributed by atoms with Crippen molar-refractivity contribution in [3.63, 3.8) is 0 Å². The Bertz CT molecular complexity index is 802. The van der Waals surface area contributed by atoms with Crippen LogP contribution in [0.2, 0.25) is 0 Å². The number of rotatable bonds is 4. The summed E-state index contributed by atoms with van der Waals surface area (Å²) in [6.45, 7) is 0.370. The monoisotopic (exact) mass is 361 g/mol. The molecule has 22 heavy (non-hydrogen) atoms. The van der Waals surface area contributed by atoms with Gasteiger partial charge in [-0.05, 0) is 24.3 Å². The highest BCUT2D eigenvalue weighted by Crippen LogP contribution is 2.20. The fraction of sp³-hybridized carbons (Fsp3) is 0.133. The third-order valence-electron chi connectivity index (χ3n) is 3.20. The molecule has 0 aliphatic rings. The number of benzene rings is 1. The number of aromatic nitrogens is 4. The van der Waals surface area contributed by atoms with E-state index >= 15 is 0 Å². The van der Waals surface area contributed by atoms with Gasteiger partial charge in [0.15, 0.2) is 5.82 Å². The Labute approximate surface area is 135 Å². The van der Waals surface area contributed by atoms with Gasteiger partial charge < -0.3 is 9.88 Å². The molecule has 3 rings (SSSR count). The summed E-state index contributed by atoms with van der Waals surface area (Å²) < 4.78 is 16.4. The number of nitrogens with zero attached hydrogens (tertiary/aromatic N) is 4. The van der Waals surface area contributed by atoms with Crippen LogP contribution in [0.1, 0.15) is 5.56 Å². The van der Waals surface area contributed by atoms with Crippen molar-refractivity contribution in [1.29, 1.82) is 0 Å². The third kappa shape index (κ3) is 3.14. The molecule has 0 saturated carbocycles. The Balaban J connectivity index is 1.79. The smallest absolute Gasteiger partial charge is 0.165 e. The second-order valence-electron chi connectivity index (χ2n) is 4.82. The molecular weight excluding hydrogens is 349 g/mol. The van der Waals surface area contributed by atoms with Crippen LogP contribution in [0, 0.1) is 5.82 Å². The average molecular weight is 362 g/mol. The minimum atomic E-state index is -0.242. The summed E-state index contributed by atoms with van der Waals surface area (Å²) in [4.78, 5) is 4.19. The van der Waals surface area contributed by atoms with E-state index in [9.17, 15) is 4.39 Å². The molecule has 3 aromatic rings. The number of pyridine rings is 1. The zero-order valence-corrected chi connectivity index (χ0v) is 13.4.